The molecule has 1 amide bonds. The Kier molecular flexibility index (Phi) is 4.54. The number of nitrogens with one attached hydrogen (secondary N) is 1. The van der Waals surface area contributed by atoms with Gasteiger partial charge in [0.2, 0.25) is 0 Å². The molecule has 5 nitrogen and oxygen atoms in total. The van der Waals surface area contributed by atoms with E-state index in [0.29, 0.717) is 15.8 Å². The number of aryl methyl sites for hydroxylation is 1. The number of amides is 1. The SMILES string of the molecule is COCC(NC(=O)c1sc2ccc(F)cc2c1C)C(=O)O. The van der Waals surface area contributed by atoms with Crippen molar-refractivity contribution in [2.45, 2.75) is 13.0 Å². The Bertz CT molecular complexity index is 698. The molecule has 0 aliphatic heterocycles. The summed E-state index contributed by atoms with van der Waals surface area (Å²) < 4.78 is 18.8. The molecule has 2 aromatic rings. The maximum absolute atomic E-state index is 13.3. The highest BCUT2D eigenvalue weighted by molar-refractivity contribution is 7.21. The summed E-state index contributed by atoms with van der Waals surface area (Å²) in [5.41, 5.74) is 0.633. The summed E-state index contributed by atoms with van der Waals surface area (Å²) in [6.07, 6.45) is 0. The van der Waals surface area contributed by atoms with Crippen molar-refractivity contribution in [1.82, 2.24) is 5.32 Å². The zero-order valence-corrected chi connectivity index (χ0v) is 12.3. The Morgan fingerprint density at radius 2 is 2.19 bits per heavy atom. The number of carbonyl (C=O) groups excluding carboxylic acids is 1. The van der Waals surface area contributed by atoms with Gasteiger partial charge in [-0.05, 0) is 36.1 Å². The number of thiophene rings is 1. The molecule has 2 N–H and O–H groups in total. The van der Waals surface area contributed by atoms with E-state index >= 15 is 0 Å². The van der Waals surface area contributed by atoms with Crippen LogP contribution in [-0.4, -0.2) is 36.7 Å². The standard InChI is InChI=1S/C14H14FNO4S/c1-7-9-5-8(15)3-4-11(9)21-12(7)13(17)16-10(6-20-2)14(18)19/h3-5,10H,6H2,1-2H3,(H,16,17)(H,18,19). The molecule has 0 aliphatic rings. The van der Waals surface area contributed by atoms with Gasteiger partial charge in [-0.25, -0.2) is 9.18 Å². The molecule has 0 saturated heterocycles. The van der Waals surface area contributed by atoms with Crippen molar-refractivity contribution in [2.75, 3.05) is 13.7 Å². The predicted octanol–water partition coefficient (Wildman–Crippen LogP) is 2.18. The van der Waals surface area contributed by atoms with E-state index in [1.807, 2.05) is 0 Å². The summed E-state index contributed by atoms with van der Waals surface area (Å²) in [4.78, 5) is 23.6. The Hall–Kier alpha value is -1.99. The third-order valence-electron chi connectivity index (χ3n) is 3.04. The highest BCUT2D eigenvalue weighted by Gasteiger charge is 2.23. The predicted molar refractivity (Wildman–Crippen MR) is 77.3 cm³/mol. The van der Waals surface area contributed by atoms with Gasteiger partial charge < -0.3 is 15.2 Å². The third kappa shape index (κ3) is 3.20. The molecule has 7 heteroatoms. The number of carboxylic acids is 1. The van der Waals surface area contributed by atoms with Crippen molar-refractivity contribution >= 4 is 33.3 Å². The van der Waals surface area contributed by atoms with Gasteiger partial charge in [-0.2, -0.15) is 0 Å². The topological polar surface area (TPSA) is 75.6 Å². The smallest absolute Gasteiger partial charge is 0.328 e. The number of fused-ring (bicyclic) bond motifs is 1. The van der Waals surface area contributed by atoms with E-state index in [1.54, 1.807) is 13.0 Å². The van der Waals surface area contributed by atoms with E-state index in [-0.39, 0.29) is 12.4 Å². The molecule has 1 unspecified atom stereocenters. The molecular formula is C14H14FNO4S. The van der Waals surface area contributed by atoms with Crippen LogP contribution in [0.5, 0.6) is 0 Å². The molecule has 112 valence electrons. The van der Waals surface area contributed by atoms with Gasteiger partial charge in [0.05, 0.1) is 11.5 Å². The minimum absolute atomic E-state index is 0.125. The van der Waals surface area contributed by atoms with Crippen LogP contribution in [0.3, 0.4) is 0 Å². The minimum Gasteiger partial charge on any atom is -0.480 e. The van der Waals surface area contributed by atoms with E-state index in [1.165, 1.54) is 30.6 Å². The summed E-state index contributed by atoms with van der Waals surface area (Å²) in [6.45, 7) is 1.58. The number of ether oxygens (including phenoxy) is 1. The molecule has 1 aromatic heterocycles. The van der Waals surface area contributed by atoms with Gasteiger partial charge in [0.15, 0.2) is 6.04 Å². The number of methoxy groups -OCH3 is 1. The van der Waals surface area contributed by atoms with Crippen LogP contribution in [0.4, 0.5) is 4.39 Å². The number of aliphatic carboxylic acids is 1. The lowest BCUT2D eigenvalue weighted by molar-refractivity contribution is -0.140. The van der Waals surface area contributed by atoms with Crippen LogP contribution >= 0.6 is 11.3 Å². The molecule has 21 heavy (non-hydrogen) atoms. The highest BCUT2D eigenvalue weighted by Crippen LogP contribution is 2.31. The van der Waals surface area contributed by atoms with Crippen LogP contribution in [-0.2, 0) is 9.53 Å². The highest BCUT2D eigenvalue weighted by atomic mass is 32.1. The lowest BCUT2D eigenvalue weighted by atomic mass is 10.1. The monoisotopic (exact) mass is 311 g/mol. The van der Waals surface area contributed by atoms with Crippen LogP contribution in [0.2, 0.25) is 0 Å². The summed E-state index contributed by atoms with van der Waals surface area (Å²) in [7, 11) is 1.36. The minimum atomic E-state index is -1.17. The zero-order chi connectivity index (χ0) is 15.6. The number of benzene rings is 1. The molecular weight excluding hydrogens is 297 g/mol. The lowest BCUT2D eigenvalue weighted by Crippen LogP contribution is -2.43. The number of carboxylic acid groups (broad SMARTS) is 1. The number of hydrogen-bond donors (Lipinski definition) is 2. The van der Waals surface area contributed by atoms with Crippen LogP contribution < -0.4 is 5.32 Å². The molecule has 2 rings (SSSR count). The number of rotatable bonds is 5. The van der Waals surface area contributed by atoms with Crippen molar-refractivity contribution in [2.24, 2.45) is 0 Å². The fourth-order valence-electron chi connectivity index (χ4n) is 1.97. The van der Waals surface area contributed by atoms with Crippen molar-refractivity contribution < 1.29 is 23.8 Å². The summed E-state index contributed by atoms with van der Waals surface area (Å²) in [5.74, 6) is -2.05. The van der Waals surface area contributed by atoms with E-state index in [0.717, 1.165) is 4.70 Å². The molecule has 0 radical (unpaired) electrons. The average molecular weight is 311 g/mol. The second-order valence-corrected chi connectivity index (χ2v) is 5.57. The molecule has 1 heterocycles. The normalized spacial score (nSPS) is 12.3. The second-order valence-electron chi connectivity index (χ2n) is 4.52. The van der Waals surface area contributed by atoms with Gasteiger partial charge >= 0.3 is 5.97 Å². The van der Waals surface area contributed by atoms with E-state index in [2.05, 4.69) is 5.32 Å². The summed E-state index contributed by atoms with van der Waals surface area (Å²) >= 11 is 1.20. The van der Waals surface area contributed by atoms with Gasteiger partial charge in [-0.3, -0.25) is 4.79 Å². The van der Waals surface area contributed by atoms with Crippen molar-refractivity contribution in [1.29, 1.82) is 0 Å². The number of halogens is 1. The number of carbonyl (C=O) groups is 2. The second kappa shape index (κ2) is 6.19. The first-order valence-electron chi connectivity index (χ1n) is 6.15. The first kappa shape index (κ1) is 15.4. The van der Waals surface area contributed by atoms with E-state index in [4.69, 9.17) is 9.84 Å². The molecule has 0 saturated carbocycles. The molecule has 0 fully saturated rings. The van der Waals surface area contributed by atoms with E-state index in [9.17, 15) is 14.0 Å². The Morgan fingerprint density at radius 1 is 1.48 bits per heavy atom. The third-order valence-corrected chi connectivity index (χ3v) is 4.31. The van der Waals surface area contributed by atoms with Gasteiger partial charge in [0.1, 0.15) is 5.82 Å². The average Bonchev–Trinajstić information content (AvgIpc) is 2.75. The quantitative estimate of drug-likeness (QED) is 0.887. The Morgan fingerprint density at radius 3 is 2.81 bits per heavy atom. The van der Waals surface area contributed by atoms with Crippen LogP contribution in [0.1, 0.15) is 15.2 Å². The van der Waals surface area contributed by atoms with Gasteiger partial charge in [-0.15, -0.1) is 11.3 Å². The Labute approximate surface area is 124 Å². The fraction of sp³-hybridized carbons (Fsp3) is 0.286. The number of hydrogen-bond acceptors (Lipinski definition) is 4. The molecule has 0 spiro atoms. The summed E-state index contributed by atoms with van der Waals surface area (Å²) in [5, 5.41) is 12.1. The first-order chi connectivity index (χ1) is 9.93. The molecule has 1 aromatic carbocycles. The summed E-state index contributed by atoms with van der Waals surface area (Å²) in [6, 6.07) is 3.17. The van der Waals surface area contributed by atoms with Crippen LogP contribution in [0.25, 0.3) is 10.1 Å². The molecule has 0 aliphatic carbocycles. The first-order valence-corrected chi connectivity index (χ1v) is 6.97. The zero-order valence-electron chi connectivity index (χ0n) is 11.5. The van der Waals surface area contributed by atoms with Crippen molar-refractivity contribution in [3.8, 4) is 0 Å². The van der Waals surface area contributed by atoms with Crippen molar-refractivity contribution in [3.63, 3.8) is 0 Å². The van der Waals surface area contributed by atoms with Crippen LogP contribution in [0, 0.1) is 12.7 Å². The van der Waals surface area contributed by atoms with Crippen molar-refractivity contribution in [3.05, 3.63) is 34.5 Å². The molecule has 0 bridgehead atoms. The Balaban J connectivity index is 2.31. The van der Waals surface area contributed by atoms with Crippen LogP contribution in [0.15, 0.2) is 18.2 Å². The van der Waals surface area contributed by atoms with E-state index < -0.39 is 17.9 Å². The van der Waals surface area contributed by atoms with Gasteiger partial charge in [0.25, 0.3) is 5.91 Å². The fourth-order valence-corrected chi connectivity index (χ4v) is 3.07. The van der Waals surface area contributed by atoms with Gasteiger partial charge in [-0.1, -0.05) is 0 Å². The lowest BCUT2D eigenvalue weighted by Gasteiger charge is -2.12. The maximum atomic E-state index is 13.3. The largest absolute Gasteiger partial charge is 0.480 e. The maximum Gasteiger partial charge on any atom is 0.328 e. The molecule has 1 atom stereocenters. The van der Waals surface area contributed by atoms with Gasteiger partial charge in [0, 0.05) is 11.8 Å².